The van der Waals surface area contributed by atoms with Gasteiger partial charge < -0.3 is 10.4 Å². The van der Waals surface area contributed by atoms with Gasteiger partial charge in [-0.25, -0.2) is 4.98 Å². The van der Waals surface area contributed by atoms with Gasteiger partial charge in [0.15, 0.2) is 5.13 Å². The standard InChI is InChI=1S/C13H14N2O2S/c16-12(17)7-4-8-14-13-15-11(9-18-13)10-5-2-1-3-6-10/h1-3,5-6,9H,4,7-8H2,(H,14,15)(H,16,17). The van der Waals surface area contributed by atoms with Crippen molar-refractivity contribution in [2.45, 2.75) is 12.8 Å². The van der Waals surface area contributed by atoms with E-state index in [2.05, 4.69) is 10.3 Å². The molecular formula is C13H14N2O2S. The summed E-state index contributed by atoms with van der Waals surface area (Å²) >= 11 is 1.53. The summed E-state index contributed by atoms with van der Waals surface area (Å²) in [6.07, 6.45) is 0.791. The van der Waals surface area contributed by atoms with E-state index in [4.69, 9.17) is 5.11 Å². The van der Waals surface area contributed by atoms with Crippen LogP contribution in [-0.4, -0.2) is 22.6 Å². The summed E-state index contributed by atoms with van der Waals surface area (Å²) in [6.45, 7) is 0.633. The molecule has 0 bridgehead atoms. The summed E-state index contributed by atoms with van der Waals surface area (Å²) < 4.78 is 0. The van der Waals surface area contributed by atoms with Gasteiger partial charge in [-0.3, -0.25) is 4.79 Å². The highest BCUT2D eigenvalue weighted by molar-refractivity contribution is 7.14. The molecular weight excluding hydrogens is 248 g/mol. The molecule has 0 unspecified atom stereocenters. The van der Waals surface area contributed by atoms with Crippen molar-refractivity contribution >= 4 is 22.4 Å². The first-order valence-electron chi connectivity index (χ1n) is 5.72. The quantitative estimate of drug-likeness (QED) is 0.785. The molecule has 2 aromatic rings. The van der Waals surface area contributed by atoms with Crippen molar-refractivity contribution in [3.8, 4) is 11.3 Å². The summed E-state index contributed by atoms with van der Waals surface area (Å²) in [4.78, 5) is 14.8. The SMILES string of the molecule is O=C(O)CCCNc1nc(-c2ccccc2)cs1. The number of rotatable bonds is 6. The molecule has 5 heteroatoms. The minimum atomic E-state index is -0.763. The molecule has 2 rings (SSSR count). The van der Waals surface area contributed by atoms with E-state index in [1.165, 1.54) is 11.3 Å². The predicted octanol–water partition coefficient (Wildman–Crippen LogP) is 3.09. The number of hydrogen-bond donors (Lipinski definition) is 2. The zero-order valence-electron chi connectivity index (χ0n) is 9.80. The Morgan fingerprint density at radius 2 is 2.11 bits per heavy atom. The van der Waals surface area contributed by atoms with Gasteiger partial charge in [0.25, 0.3) is 0 Å². The number of hydrogen-bond acceptors (Lipinski definition) is 4. The third-order valence-electron chi connectivity index (χ3n) is 2.42. The van der Waals surface area contributed by atoms with Crippen LogP contribution in [0.3, 0.4) is 0 Å². The van der Waals surface area contributed by atoms with Crippen LogP contribution in [0.15, 0.2) is 35.7 Å². The Morgan fingerprint density at radius 1 is 1.33 bits per heavy atom. The number of carboxylic acids is 1. The summed E-state index contributed by atoms with van der Waals surface area (Å²) in [6, 6.07) is 9.97. The molecule has 0 amide bonds. The number of aliphatic carboxylic acids is 1. The minimum Gasteiger partial charge on any atom is -0.481 e. The molecule has 0 saturated heterocycles. The minimum absolute atomic E-state index is 0.184. The molecule has 1 aromatic heterocycles. The maximum absolute atomic E-state index is 10.4. The normalized spacial score (nSPS) is 10.2. The van der Waals surface area contributed by atoms with Crippen molar-refractivity contribution in [3.05, 3.63) is 35.7 Å². The van der Waals surface area contributed by atoms with Gasteiger partial charge in [-0.05, 0) is 6.42 Å². The number of benzene rings is 1. The van der Waals surface area contributed by atoms with Crippen LogP contribution in [0.5, 0.6) is 0 Å². The third-order valence-corrected chi connectivity index (χ3v) is 3.22. The summed E-state index contributed by atoms with van der Waals surface area (Å²) in [7, 11) is 0. The second kappa shape index (κ2) is 6.16. The first kappa shape index (κ1) is 12.6. The molecule has 0 radical (unpaired) electrons. The molecule has 0 aliphatic rings. The fourth-order valence-corrected chi connectivity index (χ4v) is 2.28. The Kier molecular flexibility index (Phi) is 4.30. The molecule has 0 fully saturated rings. The first-order valence-corrected chi connectivity index (χ1v) is 6.60. The average molecular weight is 262 g/mol. The van der Waals surface area contributed by atoms with Crippen LogP contribution in [-0.2, 0) is 4.79 Å². The van der Waals surface area contributed by atoms with E-state index in [1.807, 2.05) is 35.7 Å². The van der Waals surface area contributed by atoms with Crippen molar-refractivity contribution in [1.82, 2.24) is 4.98 Å². The molecule has 0 saturated carbocycles. The van der Waals surface area contributed by atoms with E-state index < -0.39 is 5.97 Å². The number of aromatic nitrogens is 1. The molecule has 0 spiro atoms. The Balaban J connectivity index is 1.89. The van der Waals surface area contributed by atoms with Crippen LogP contribution in [0.1, 0.15) is 12.8 Å². The third kappa shape index (κ3) is 3.56. The fraction of sp³-hybridized carbons (Fsp3) is 0.231. The Labute approximate surface area is 109 Å². The Bertz CT molecular complexity index is 511. The fourth-order valence-electron chi connectivity index (χ4n) is 1.53. The van der Waals surface area contributed by atoms with Crippen molar-refractivity contribution in [1.29, 1.82) is 0 Å². The van der Waals surface area contributed by atoms with Gasteiger partial charge in [-0.15, -0.1) is 11.3 Å². The summed E-state index contributed by atoms with van der Waals surface area (Å²) in [5, 5.41) is 14.5. The molecule has 0 atom stereocenters. The summed E-state index contributed by atoms with van der Waals surface area (Å²) in [5.41, 5.74) is 2.04. The lowest BCUT2D eigenvalue weighted by molar-refractivity contribution is -0.137. The van der Waals surface area contributed by atoms with E-state index in [0.29, 0.717) is 13.0 Å². The van der Waals surface area contributed by atoms with Gasteiger partial charge >= 0.3 is 5.97 Å². The van der Waals surface area contributed by atoms with Gasteiger partial charge in [0.1, 0.15) is 0 Å². The number of anilines is 1. The zero-order chi connectivity index (χ0) is 12.8. The Morgan fingerprint density at radius 3 is 2.83 bits per heavy atom. The predicted molar refractivity (Wildman–Crippen MR) is 72.9 cm³/mol. The molecule has 1 aromatic carbocycles. The monoisotopic (exact) mass is 262 g/mol. The topological polar surface area (TPSA) is 62.2 Å². The lowest BCUT2D eigenvalue weighted by Gasteiger charge is -2.00. The van der Waals surface area contributed by atoms with Crippen LogP contribution >= 0.6 is 11.3 Å². The number of nitrogens with zero attached hydrogens (tertiary/aromatic N) is 1. The molecule has 0 aliphatic carbocycles. The Hall–Kier alpha value is -1.88. The lowest BCUT2D eigenvalue weighted by atomic mass is 10.2. The maximum Gasteiger partial charge on any atom is 0.303 e. The number of nitrogens with one attached hydrogen (secondary N) is 1. The molecule has 18 heavy (non-hydrogen) atoms. The zero-order valence-corrected chi connectivity index (χ0v) is 10.6. The molecule has 1 heterocycles. The van der Waals surface area contributed by atoms with Gasteiger partial charge in [0, 0.05) is 23.9 Å². The van der Waals surface area contributed by atoms with Crippen LogP contribution in [0, 0.1) is 0 Å². The highest BCUT2D eigenvalue weighted by atomic mass is 32.1. The van der Waals surface area contributed by atoms with Gasteiger partial charge in [-0.1, -0.05) is 30.3 Å². The van der Waals surface area contributed by atoms with E-state index >= 15 is 0 Å². The van der Waals surface area contributed by atoms with Crippen molar-refractivity contribution in [2.24, 2.45) is 0 Å². The van der Waals surface area contributed by atoms with E-state index in [1.54, 1.807) is 0 Å². The number of thiazole rings is 1. The second-order valence-electron chi connectivity index (χ2n) is 3.83. The first-order chi connectivity index (χ1) is 8.75. The van der Waals surface area contributed by atoms with Crippen molar-refractivity contribution in [2.75, 3.05) is 11.9 Å². The number of carboxylic acid groups (broad SMARTS) is 1. The van der Waals surface area contributed by atoms with Crippen LogP contribution in [0.4, 0.5) is 5.13 Å². The molecule has 4 nitrogen and oxygen atoms in total. The van der Waals surface area contributed by atoms with Crippen LogP contribution < -0.4 is 5.32 Å². The molecule has 94 valence electrons. The highest BCUT2D eigenvalue weighted by Gasteiger charge is 2.03. The van der Waals surface area contributed by atoms with E-state index in [0.717, 1.165) is 16.4 Å². The second-order valence-corrected chi connectivity index (χ2v) is 4.69. The highest BCUT2D eigenvalue weighted by Crippen LogP contribution is 2.24. The van der Waals surface area contributed by atoms with Crippen molar-refractivity contribution < 1.29 is 9.90 Å². The number of carbonyl (C=O) groups is 1. The molecule has 2 N–H and O–H groups in total. The van der Waals surface area contributed by atoms with Crippen LogP contribution in [0.2, 0.25) is 0 Å². The van der Waals surface area contributed by atoms with Gasteiger partial charge in [-0.2, -0.15) is 0 Å². The molecule has 0 aliphatic heterocycles. The van der Waals surface area contributed by atoms with E-state index in [9.17, 15) is 4.79 Å². The smallest absolute Gasteiger partial charge is 0.303 e. The van der Waals surface area contributed by atoms with Crippen molar-refractivity contribution in [3.63, 3.8) is 0 Å². The average Bonchev–Trinajstić information content (AvgIpc) is 2.84. The maximum atomic E-state index is 10.4. The largest absolute Gasteiger partial charge is 0.481 e. The van der Waals surface area contributed by atoms with E-state index in [-0.39, 0.29) is 6.42 Å². The van der Waals surface area contributed by atoms with Crippen LogP contribution in [0.25, 0.3) is 11.3 Å². The summed E-state index contributed by atoms with van der Waals surface area (Å²) in [5.74, 6) is -0.763. The van der Waals surface area contributed by atoms with Gasteiger partial charge in [0.05, 0.1) is 5.69 Å². The lowest BCUT2D eigenvalue weighted by Crippen LogP contribution is -2.04. The van der Waals surface area contributed by atoms with Gasteiger partial charge in [0.2, 0.25) is 0 Å².